The van der Waals surface area contributed by atoms with Gasteiger partial charge in [0.15, 0.2) is 0 Å². The molecule has 11 nitrogen and oxygen atoms in total. The van der Waals surface area contributed by atoms with Gasteiger partial charge >= 0.3 is 12.2 Å². The summed E-state index contributed by atoms with van der Waals surface area (Å²) < 4.78 is 33.7. The van der Waals surface area contributed by atoms with Gasteiger partial charge in [0.1, 0.15) is 13.2 Å². The summed E-state index contributed by atoms with van der Waals surface area (Å²) in [5.41, 5.74) is 1.86. The number of rotatable bonds is 24. The summed E-state index contributed by atoms with van der Waals surface area (Å²) in [5, 5.41) is 8.01. The van der Waals surface area contributed by atoms with Crippen molar-refractivity contribution < 1.29 is 38.0 Å². The maximum Gasteiger partial charge on any atom is 0.410 e. The van der Waals surface area contributed by atoms with E-state index in [9.17, 15) is 9.59 Å². The van der Waals surface area contributed by atoms with Crippen LogP contribution in [0.15, 0.2) is 88.5 Å². The SMILES string of the molecule is O=C(OCCOCCOCc1cncc(COCCOCCOC(=O)N(Cc2cccs2)Cc2cccs2)c1)N(Cc1cccs1)Cc1cccs1. The number of carbonyl (C=O) groups is 2. The minimum atomic E-state index is -0.360. The number of hydrogen-bond donors (Lipinski definition) is 0. The molecule has 5 aromatic rings. The summed E-state index contributed by atoms with van der Waals surface area (Å²) in [6, 6.07) is 18.0. The van der Waals surface area contributed by atoms with Gasteiger partial charge in [-0.25, -0.2) is 9.59 Å². The van der Waals surface area contributed by atoms with Gasteiger partial charge in [-0.2, -0.15) is 0 Å². The summed E-state index contributed by atoms with van der Waals surface area (Å²) in [6.07, 6.45) is 2.80. The Kier molecular flexibility index (Phi) is 17.6. The summed E-state index contributed by atoms with van der Waals surface area (Å²) in [5.74, 6) is 0. The van der Waals surface area contributed by atoms with Crippen LogP contribution in [0.1, 0.15) is 30.6 Å². The van der Waals surface area contributed by atoms with Crippen molar-refractivity contribution in [1.82, 2.24) is 14.8 Å². The first-order valence-corrected chi connectivity index (χ1v) is 20.3. The summed E-state index contributed by atoms with van der Waals surface area (Å²) in [4.78, 5) is 37.6. The molecule has 0 aromatic carbocycles. The number of hydrogen-bond acceptors (Lipinski definition) is 13. The molecule has 52 heavy (non-hydrogen) atoms. The van der Waals surface area contributed by atoms with Crippen molar-refractivity contribution in [3.8, 4) is 0 Å². The number of thiophene rings is 4. The van der Waals surface area contributed by atoms with Crippen LogP contribution in [0.5, 0.6) is 0 Å². The zero-order valence-corrected chi connectivity index (χ0v) is 32.1. The van der Waals surface area contributed by atoms with Crippen molar-refractivity contribution in [1.29, 1.82) is 0 Å². The average Bonchev–Trinajstić information content (AvgIpc) is 4.00. The largest absolute Gasteiger partial charge is 0.447 e. The molecule has 0 bridgehead atoms. The van der Waals surface area contributed by atoms with E-state index < -0.39 is 0 Å². The van der Waals surface area contributed by atoms with Crippen molar-refractivity contribution in [2.45, 2.75) is 39.4 Å². The molecule has 278 valence electrons. The van der Waals surface area contributed by atoms with E-state index in [0.717, 1.165) is 30.6 Å². The maximum absolute atomic E-state index is 12.8. The quantitative estimate of drug-likeness (QED) is 0.0574. The molecule has 0 aliphatic carbocycles. The third-order valence-electron chi connectivity index (χ3n) is 7.26. The molecule has 0 N–H and O–H groups in total. The molecule has 5 rings (SSSR count). The van der Waals surface area contributed by atoms with E-state index in [1.54, 1.807) is 67.5 Å². The van der Waals surface area contributed by atoms with Gasteiger partial charge in [-0.3, -0.25) is 14.8 Å². The predicted octanol–water partition coefficient (Wildman–Crippen LogP) is 8.07. The zero-order valence-electron chi connectivity index (χ0n) is 28.8. The van der Waals surface area contributed by atoms with E-state index >= 15 is 0 Å². The van der Waals surface area contributed by atoms with Gasteiger partial charge in [0.05, 0.1) is 79.0 Å². The van der Waals surface area contributed by atoms with Gasteiger partial charge in [-0.05, 0) is 63.0 Å². The molecule has 0 aliphatic rings. The Balaban J connectivity index is 0.873. The summed E-state index contributed by atoms with van der Waals surface area (Å²) >= 11 is 6.47. The van der Waals surface area contributed by atoms with Crippen molar-refractivity contribution in [3.63, 3.8) is 0 Å². The van der Waals surface area contributed by atoms with Crippen LogP contribution < -0.4 is 0 Å². The van der Waals surface area contributed by atoms with Crippen LogP contribution in [0.4, 0.5) is 9.59 Å². The number of carbonyl (C=O) groups excluding carboxylic acids is 2. The van der Waals surface area contributed by atoms with Gasteiger partial charge in [-0.15, -0.1) is 45.3 Å². The summed E-state index contributed by atoms with van der Waals surface area (Å²) in [6.45, 7) is 5.26. The lowest BCUT2D eigenvalue weighted by atomic mass is 10.2. The molecule has 15 heteroatoms. The van der Waals surface area contributed by atoms with E-state index in [1.165, 1.54) is 0 Å². The molecule has 0 fully saturated rings. The minimum absolute atomic E-state index is 0.167. The highest BCUT2D eigenvalue weighted by molar-refractivity contribution is 7.10. The van der Waals surface area contributed by atoms with Crippen LogP contribution in [-0.4, -0.2) is 79.8 Å². The number of pyridine rings is 1. The topological polar surface area (TPSA) is 109 Å². The number of amides is 2. The van der Waals surface area contributed by atoms with Gasteiger partial charge < -0.3 is 28.4 Å². The molecular formula is C37H43N3O8S4. The minimum Gasteiger partial charge on any atom is -0.447 e. The monoisotopic (exact) mass is 785 g/mol. The highest BCUT2D eigenvalue weighted by Gasteiger charge is 2.18. The Labute approximate surface area is 320 Å². The van der Waals surface area contributed by atoms with Crippen LogP contribution in [0.3, 0.4) is 0 Å². The molecule has 0 unspecified atom stereocenters. The van der Waals surface area contributed by atoms with Gasteiger partial charge in [0.25, 0.3) is 0 Å². The molecule has 2 amide bonds. The number of nitrogens with zero attached hydrogens (tertiary/aromatic N) is 3. The molecule has 0 radical (unpaired) electrons. The van der Waals surface area contributed by atoms with Gasteiger partial charge in [0, 0.05) is 31.9 Å². The van der Waals surface area contributed by atoms with Crippen molar-refractivity contribution in [2.24, 2.45) is 0 Å². The molecule has 0 saturated heterocycles. The Morgan fingerprint density at radius 3 is 1.19 bits per heavy atom. The third kappa shape index (κ3) is 14.8. The Hall–Kier alpha value is -3.67. The fourth-order valence-electron chi connectivity index (χ4n) is 4.81. The van der Waals surface area contributed by atoms with Crippen molar-refractivity contribution >= 4 is 57.5 Å². The molecule has 5 heterocycles. The lowest BCUT2D eigenvalue weighted by molar-refractivity contribution is 0.0160. The van der Waals surface area contributed by atoms with Gasteiger partial charge in [0.2, 0.25) is 0 Å². The van der Waals surface area contributed by atoms with Gasteiger partial charge in [-0.1, -0.05) is 24.3 Å². The normalized spacial score (nSPS) is 11.1. The molecule has 5 aromatic heterocycles. The molecular weight excluding hydrogens is 743 g/mol. The van der Waals surface area contributed by atoms with Crippen molar-refractivity contribution in [3.05, 3.63) is 119 Å². The Bertz CT molecular complexity index is 1480. The van der Waals surface area contributed by atoms with Crippen LogP contribution >= 0.6 is 45.3 Å². The van der Waals surface area contributed by atoms with Crippen molar-refractivity contribution in [2.75, 3.05) is 52.9 Å². The fraction of sp³-hybridized carbons (Fsp3) is 0.378. The second-order valence-electron chi connectivity index (χ2n) is 11.3. The molecule has 0 saturated carbocycles. The predicted molar refractivity (Wildman–Crippen MR) is 204 cm³/mol. The highest BCUT2D eigenvalue weighted by atomic mass is 32.1. The molecule has 0 aliphatic heterocycles. The zero-order chi connectivity index (χ0) is 36.1. The lowest BCUT2D eigenvalue weighted by Crippen LogP contribution is -2.31. The molecule has 0 spiro atoms. The fourth-order valence-corrected chi connectivity index (χ4v) is 7.69. The lowest BCUT2D eigenvalue weighted by Gasteiger charge is -2.21. The first-order chi connectivity index (χ1) is 25.6. The van der Waals surface area contributed by atoms with Crippen LogP contribution in [0.25, 0.3) is 0 Å². The standard InChI is InChI=1S/C37H43N3O8S4/c41-36(39(24-32-5-1-17-49-32)25-33-6-2-18-50-33)47-15-13-43-9-11-45-28-30-21-31(23-38-22-30)29-46-12-10-44-14-16-48-37(42)40(26-34-7-3-19-51-34)27-35-8-4-20-52-35/h1-8,17-23H,9-16,24-29H2. The number of ether oxygens (including phenoxy) is 6. The maximum atomic E-state index is 12.8. The van der Waals surface area contributed by atoms with E-state index in [0.29, 0.717) is 65.8 Å². The van der Waals surface area contributed by atoms with Crippen LogP contribution in [0, 0.1) is 0 Å². The Morgan fingerprint density at radius 1 is 0.500 bits per heavy atom. The Morgan fingerprint density at radius 2 is 0.846 bits per heavy atom. The third-order valence-corrected chi connectivity index (χ3v) is 10.7. The number of aromatic nitrogens is 1. The van der Waals surface area contributed by atoms with E-state index in [1.807, 2.05) is 76.1 Å². The first kappa shape index (κ1) is 39.5. The highest BCUT2D eigenvalue weighted by Crippen LogP contribution is 2.19. The molecule has 0 atom stereocenters. The first-order valence-electron chi connectivity index (χ1n) is 16.8. The van der Waals surface area contributed by atoms with Crippen LogP contribution in [0.2, 0.25) is 0 Å². The second kappa shape index (κ2) is 23.1. The smallest absolute Gasteiger partial charge is 0.410 e. The van der Waals surface area contributed by atoms with Crippen LogP contribution in [-0.2, 0) is 67.8 Å². The summed E-state index contributed by atoms with van der Waals surface area (Å²) in [7, 11) is 0. The van der Waals surface area contributed by atoms with E-state index in [4.69, 9.17) is 28.4 Å². The second-order valence-corrected chi connectivity index (χ2v) is 15.4. The van der Waals surface area contributed by atoms with E-state index in [2.05, 4.69) is 4.98 Å². The average molecular weight is 786 g/mol. The van der Waals surface area contributed by atoms with E-state index in [-0.39, 0.29) is 38.6 Å².